The highest BCUT2D eigenvalue weighted by Gasteiger charge is 2.53. The number of aliphatic carboxylic acids is 2. The van der Waals surface area contributed by atoms with Crippen molar-refractivity contribution in [2.45, 2.75) is 73.2 Å². The van der Waals surface area contributed by atoms with Gasteiger partial charge in [-0.2, -0.15) is 0 Å². The lowest BCUT2D eigenvalue weighted by Crippen LogP contribution is -2.67. The molecule has 0 aromatic heterocycles. The number of ether oxygens (including phenoxy) is 4. The molecule has 0 spiro atoms. The minimum absolute atomic E-state index is 0.369. The van der Waals surface area contributed by atoms with Gasteiger partial charge in [0.2, 0.25) is 11.6 Å². The van der Waals surface area contributed by atoms with Crippen LogP contribution in [0, 0.1) is 0 Å². The molecule has 7 N–H and O–H groups in total. The van der Waals surface area contributed by atoms with Crippen molar-refractivity contribution in [1.29, 1.82) is 0 Å². The molecule has 0 bridgehead atoms. The van der Waals surface area contributed by atoms with Crippen molar-refractivity contribution in [2.24, 2.45) is 0 Å². The summed E-state index contributed by atoms with van der Waals surface area (Å²) in [6.07, 6.45) is -15.4. The molecule has 2 rings (SSSR count). The number of rotatable bonds is 11. The molecular formula is C19H28O15-2. The van der Waals surface area contributed by atoms with E-state index < -0.39 is 98.4 Å². The van der Waals surface area contributed by atoms with Crippen LogP contribution in [-0.2, 0) is 28.5 Å². The van der Waals surface area contributed by atoms with Gasteiger partial charge in [-0.15, -0.1) is 6.58 Å². The topological polar surface area (TPSA) is 259 Å². The molecule has 2 aliphatic rings. The van der Waals surface area contributed by atoms with E-state index in [0.717, 1.165) is 0 Å². The first-order valence-electron chi connectivity index (χ1n) is 10.2. The van der Waals surface area contributed by atoms with Crippen LogP contribution in [0.15, 0.2) is 12.7 Å². The number of carbonyl (C=O) groups excluding carboxylic acids is 2. The first kappa shape index (κ1) is 28.5. The Labute approximate surface area is 193 Å². The van der Waals surface area contributed by atoms with Crippen LogP contribution in [0.25, 0.3) is 0 Å². The Kier molecular flexibility index (Phi) is 9.48. The van der Waals surface area contributed by atoms with E-state index in [0.29, 0.717) is 0 Å². The highest BCUT2D eigenvalue weighted by Crippen LogP contribution is 2.35. The molecule has 0 radical (unpaired) electrons. The van der Waals surface area contributed by atoms with Crippen molar-refractivity contribution in [3.63, 3.8) is 0 Å². The molecule has 0 aromatic rings. The van der Waals surface area contributed by atoms with Crippen LogP contribution in [0.3, 0.4) is 0 Å². The zero-order valence-corrected chi connectivity index (χ0v) is 17.8. The van der Waals surface area contributed by atoms with Gasteiger partial charge in [0, 0.05) is 12.8 Å². The van der Waals surface area contributed by atoms with Crippen molar-refractivity contribution < 1.29 is 74.5 Å². The van der Waals surface area contributed by atoms with Gasteiger partial charge in [-0.3, -0.25) is 0 Å². The molecule has 2 saturated heterocycles. The standard InChI is InChI=1S/C19H30O15/c1-2-3-31-18(16(27)28)4-8(21)13(26)15(34-18)11(24)7-32-19(17(29)30)5-9(22)12(25)14(33-19)10(23)6-20/h2,8-15,20-26H,1,3-7H2,(H,27,28)(H,29,30)/p-2/t8-,9-,10+,11+,12-,13-,14-,15-,18-,19-/m1/s1. The number of carboxylic acids is 2. The van der Waals surface area contributed by atoms with Crippen molar-refractivity contribution >= 4 is 11.9 Å². The summed E-state index contributed by atoms with van der Waals surface area (Å²) in [6, 6.07) is 0. The monoisotopic (exact) mass is 496 g/mol. The van der Waals surface area contributed by atoms with E-state index in [1.54, 1.807) is 0 Å². The van der Waals surface area contributed by atoms with Crippen molar-refractivity contribution in [3.8, 4) is 0 Å². The van der Waals surface area contributed by atoms with E-state index in [9.17, 15) is 50.4 Å². The van der Waals surface area contributed by atoms with Crippen LogP contribution in [-0.4, -0.2) is 128 Å². The Balaban J connectivity index is 2.23. The fraction of sp³-hybridized carbons (Fsp3) is 0.789. The number of aliphatic hydroxyl groups is 7. The normalized spacial score (nSPS) is 40.3. The zero-order valence-electron chi connectivity index (χ0n) is 17.8. The summed E-state index contributed by atoms with van der Waals surface area (Å²) >= 11 is 0. The second-order valence-corrected chi connectivity index (χ2v) is 8.00. The average molecular weight is 496 g/mol. The molecule has 15 heteroatoms. The van der Waals surface area contributed by atoms with Crippen LogP contribution < -0.4 is 10.2 Å². The minimum Gasteiger partial charge on any atom is -0.544 e. The molecule has 2 fully saturated rings. The summed E-state index contributed by atoms with van der Waals surface area (Å²) in [5.41, 5.74) is 0. The molecule has 0 aromatic carbocycles. The summed E-state index contributed by atoms with van der Waals surface area (Å²) in [5.74, 6) is -9.45. The molecule has 15 nitrogen and oxygen atoms in total. The van der Waals surface area contributed by atoms with Gasteiger partial charge in [-0.1, -0.05) is 6.08 Å². The van der Waals surface area contributed by atoms with Gasteiger partial charge in [0.05, 0.1) is 32.0 Å². The van der Waals surface area contributed by atoms with Crippen LogP contribution in [0.2, 0.25) is 0 Å². The predicted octanol–water partition coefficient (Wildman–Crippen LogP) is -7.17. The van der Waals surface area contributed by atoms with Crippen molar-refractivity contribution in [3.05, 3.63) is 12.7 Å². The first-order chi connectivity index (χ1) is 15.8. The third-order valence-corrected chi connectivity index (χ3v) is 5.56. The number of hydrogen-bond donors (Lipinski definition) is 7. The Morgan fingerprint density at radius 3 is 1.79 bits per heavy atom. The molecule has 0 aliphatic carbocycles. The molecule has 2 aliphatic heterocycles. The van der Waals surface area contributed by atoms with Gasteiger partial charge in [0.1, 0.15) is 48.6 Å². The summed E-state index contributed by atoms with van der Waals surface area (Å²) in [7, 11) is 0. The van der Waals surface area contributed by atoms with Gasteiger partial charge < -0.3 is 74.5 Å². The molecule has 0 amide bonds. The Hall–Kier alpha value is -1.76. The number of aliphatic hydroxyl groups excluding tert-OH is 7. The van der Waals surface area contributed by atoms with Crippen LogP contribution in [0.1, 0.15) is 12.8 Å². The number of carboxylic acid groups (broad SMARTS) is 2. The molecular weight excluding hydrogens is 468 g/mol. The SMILES string of the molecule is C=CCO[C@]1(C(=O)[O-])C[C@@H](O)[C@@H](O)[C@@H]([C@@H](O)CO[C@]2(C(=O)[O-])C[C@@H](O)[C@@H](O)[C@@H]([C@@H](O)CO)O2)O1. The lowest BCUT2D eigenvalue weighted by Gasteiger charge is -2.48. The summed E-state index contributed by atoms with van der Waals surface area (Å²) in [5, 5.41) is 93.1. The van der Waals surface area contributed by atoms with Crippen molar-refractivity contribution in [1.82, 2.24) is 0 Å². The molecule has 0 saturated carbocycles. The minimum atomic E-state index is -2.84. The first-order valence-corrected chi connectivity index (χ1v) is 10.2. The molecule has 0 unspecified atom stereocenters. The van der Waals surface area contributed by atoms with Gasteiger partial charge in [0.25, 0.3) is 0 Å². The van der Waals surface area contributed by atoms with E-state index in [1.165, 1.54) is 6.08 Å². The van der Waals surface area contributed by atoms with Gasteiger partial charge in [-0.05, 0) is 0 Å². The number of carbonyl (C=O) groups is 2. The van der Waals surface area contributed by atoms with E-state index in [1.807, 2.05) is 0 Å². The Morgan fingerprint density at radius 2 is 1.38 bits per heavy atom. The van der Waals surface area contributed by atoms with Crippen molar-refractivity contribution in [2.75, 3.05) is 19.8 Å². The van der Waals surface area contributed by atoms with E-state index in [4.69, 9.17) is 24.1 Å². The van der Waals surface area contributed by atoms with E-state index in [-0.39, 0.29) is 6.61 Å². The maximum Gasteiger partial charge on any atom is 0.212 e. The van der Waals surface area contributed by atoms with E-state index in [2.05, 4.69) is 6.58 Å². The predicted molar refractivity (Wildman–Crippen MR) is 99.7 cm³/mol. The summed E-state index contributed by atoms with van der Waals surface area (Å²) < 4.78 is 20.4. The average Bonchev–Trinajstić information content (AvgIpc) is 2.79. The third kappa shape index (κ3) is 5.72. The fourth-order valence-corrected chi connectivity index (χ4v) is 3.70. The summed E-state index contributed by atoms with van der Waals surface area (Å²) in [6.45, 7) is 0.940. The van der Waals surface area contributed by atoms with Gasteiger partial charge >= 0.3 is 0 Å². The zero-order chi connectivity index (χ0) is 25.8. The lowest BCUT2D eigenvalue weighted by molar-refractivity contribution is -0.396. The third-order valence-electron chi connectivity index (χ3n) is 5.56. The molecule has 34 heavy (non-hydrogen) atoms. The highest BCUT2D eigenvalue weighted by atomic mass is 16.7. The maximum atomic E-state index is 11.8. The molecule has 10 atom stereocenters. The fourth-order valence-electron chi connectivity index (χ4n) is 3.70. The largest absolute Gasteiger partial charge is 0.544 e. The molecule has 2 heterocycles. The Bertz CT molecular complexity index is 732. The van der Waals surface area contributed by atoms with Gasteiger partial charge in [0.15, 0.2) is 0 Å². The number of hydrogen-bond acceptors (Lipinski definition) is 15. The summed E-state index contributed by atoms with van der Waals surface area (Å²) in [4.78, 5) is 23.4. The van der Waals surface area contributed by atoms with E-state index >= 15 is 0 Å². The van der Waals surface area contributed by atoms with Crippen LogP contribution in [0.4, 0.5) is 0 Å². The van der Waals surface area contributed by atoms with Gasteiger partial charge in [-0.25, -0.2) is 0 Å². The highest BCUT2D eigenvalue weighted by molar-refractivity contribution is 5.74. The quantitative estimate of drug-likeness (QED) is 0.131. The second kappa shape index (κ2) is 11.3. The Morgan fingerprint density at radius 1 is 0.941 bits per heavy atom. The van der Waals surface area contributed by atoms with Crippen LogP contribution in [0.5, 0.6) is 0 Å². The molecule has 196 valence electrons. The second-order valence-electron chi connectivity index (χ2n) is 8.00. The van der Waals surface area contributed by atoms with Crippen LogP contribution >= 0.6 is 0 Å². The smallest absolute Gasteiger partial charge is 0.212 e. The maximum absolute atomic E-state index is 11.8. The lowest BCUT2D eigenvalue weighted by atomic mass is 9.91.